The minimum absolute atomic E-state index is 0.0310. The van der Waals surface area contributed by atoms with Crippen molar-refractivity contribution in [2.75, 3.05) is 26.2 Å². The predicted molar refractivity (Wildman–Crippen MR) is 102 cm³/mol. The molecular weight excluding hydrogens is 417 g/mol. The second-order valence-corrected chi connectivity index (χ2v) is 9.50. The number of hydrogen-bond acceptors (Lipinski definition) is 5. The topological polar surface area (TPSA) is 96.0 Å². The molecule has 0 saturated carbocycles. The zero-order chi connectivity index (χ0) is 20.4. The van der Waals surface area contributed by atoms with E-state index in [0.717, 1.165) is 4.31 Å². The molecule has 11 heteroatoms. The van der Waals surface area contributed by atoms with Gasteiger partial charge in [-0.25, -0.2) is 9.52 Å². The van der Waals surface area contributed by atoms with Gasteiger partial charge in [0, 0.05) is 41.8 Å². The van der Waals surface area contributed by atoms with Crippen molar-refractivity contribution in [2.24, 2.45) is 0 Å². The first-order chi connectivity index (χ1) is 12.4. The lowest BCUT2D eigenvalue weighted by Gasteiger charge is -2.34. The van der Waals surface area contributed by atoms with Gasteiger partial charge in [-0.05, 0) is 39.0 Å². The van der Waals surface area contributed by atoms with Crippen LogP contribution in [0.4, 0.5) is 4.79 Å². The van der Waals surface area contributed by atoms with Crippen LogP contribution in [0.5, 0.6) is 0 Å². The standard InChI is InChI=1S/C16H21Cl2N3O5S/c1-16(2,3)26-15(23)20-4-6-21(7-5-20)27(24,25)19-14(22)11-8-12(17)10-13(18)9-11/h8-10H,4-7H2,1-3H3,(H,19,22). The zero-order valence-corrected chi connectivity index (χ0v) is 17.5. The molecule has 0 bridgehead atoms. The molecule has 1 heterocycles. The van der Waals surface area contributed by atoms with Crippen LogP contribution in [-0.2, 0) is 14.9 Å². The molecule has 8 nitrogen and oxygen atoms in total. The predicted octanol–water partition coefficient (Wildman–Crippen LogP) is 2.52. The SMILES string of the molecule is CC(C)(C)OC(=O)N1CCN(S(=O)(=O)NC(=O)c2cc(Cl)cc(Cl)c2)CC1. The molecule has 1 aromatic carbocycles. The van der Waals surface area contributed by atoms with E-state index in [-0.39, 0.29) is 41.8 Å². The van der Waals surface area contributed by atoms with E-state index in [4.69, 9.17) is 27.9 Å². The molecule has 0 atom stereocenters. The fourth-order valence-electron chi connectivity index (χ4n) is 2.36. The Morgan fingerprint density at radius 2 is 1.56 bits per heavy atom. The average molecular weight is 438 g/mol. The van der Waals surface area contributed by atoms with Crippen LogP contribution in [0.3, 0.4) is 0 Å². The maximum atomic E-state index is 12.4. The van der Waals surface area contributed by atoms with E-state index in [1.165, 1.54) is 23.1 Å². The Hall–Kier alpha value is -1.55. The van der Waals surface area contributed by atoms with Crippen LogP contribution in [0.15, 0.2) is 18.2 Å². The quantitative estimate of drug-likeness (QED) is 0.783. The van der Waals surface area contributed by atoms with Gasteiger partial charge in [0.05, 0.1) is 0 Å². The molecule has 1 aliphatic heterocycles. The Morgan fingerprint density at radius 3 is 2.04 bits per heavy atom. The third-order valence-corrected chi connectivity index (χ3v) is 5.50. The molecule has 1 aromatic rings. The van der Waals surface area contributed by atoms with Crippen LogP contribution in [-0.4, -0.2) is 61.4 Å². The number of carbonyl (C=O) groups excluding carboxylic acids is 2. The van der Waals surface area contributed by atoms with E-state index in [9.17, 15) is 18.0 Å². The van der Waals surface area contributed by atoms with Gasteiger partial charge in [-0.2, -0.15) is 12.7 Å². The van der Waals surface area contributed by atoms with Crippen LogP contribution in [0.25, 0.3) is 0 Å². The minimum Gasteiger partial charge on any atom is -0.444 e. The summed E-state index contributed by atoms with van der Waals surface area (Å²) < 4.78 is 33.2. The van der Waals surface area contributed by atoms with Crippen LogP contribution in [0.2, 0.25) is 10.0 Å². The second-order valence-electron chi connectivity index (χ2n) is 6.96. The maximum Gasteiger partial charge on any atom is 0.410 e. The highest BCUT2D eigenvalue weighted by molar-refractivity contribution is 7.87. The summed E-state index contributed by atoms with van der Waals surface area (Å²) in [6, 6.07) is 4.07. The summed E-state index contributed by atoms with van der Waals surface area (Å²) in [5.41, 5.74) is -0.601. The summed E-state index contributed by atoms with van der Waals surface area (Å²) in [7, 11) is -4.07. The number of rotatable bonds is 3. The van der Waals surface area contributed by atoms with Crippen molar-refractivity contribution in [3.05, 3.63) is 33.8 Å². The third kappa shape index (κ3) is 6.24. The van der Waals surface area contributed by atoms with E-state index < -0.39 is 27.8 Å². The summed E-state index contributed by atoms with van der Waals surface area (Å²) >= 11 is 11.7. The van der Waals surface area contributed by atoms with Crippen molar-refractivity contribution in [2.45, 2.75) is 26.4 Å². The molecule has 0 unspecified atom stereocenters. The van der Waals surface area contributed by atoms with Crippen molar-refractivity contribution < 1.29 is 22.7 Å². The number of benzene rings is 1. The molecule has 2 amide bonds. The van der Waals surface area contributed by atoms with Gasteiger partial charge in [-0.15, -0.1) is 0 Å². The number of nitrogens with zero attached hydrogens (tertiary/aromatic N) is 2. The molecule has 0 radical (unpaired) electrons. The lowest BCUT2D eigenvalue weighted by Crippen LogP contribution is -2.54. The molecule has 0 aromatic heterocycles. The van der Waals surface area contributed by atoms with Crippen molar-refractivity contribution in [3.8, 4) is 0 Å². The number of ether oxygens (including phenoxy) is 1. The van der Waals surface area contributed by atoms with Gasteiger partial charge in [0.2, 0.25) is 0 Å². The van der Waals surface area contributed by atoms with E-state index in [2.05, 4.69) is 0 Å². The Bertz CT molecular complexity index is 811. The van der Waals surface area contributed by atoms with Crippen molar-refractivity contribution in [1.82, 2.24) is 13.9 Å². The highest BCUT2D eigenvalue weighted by atomic mass is 35.5. The lowest BCUT2D eigenvalue weighted by atomic mass is 10.2. The lowest BCUT2D eigenvalue weighted by molar-refractivity contribution is 0.0191. The smallest absolute Gasteiger partial charge is 0.410 e. The molecule has 27 heavy (non-hydrogen) atoms. The molecule has 2 rings (SSSR count). The third-order valence-electron chi connectivity index (χ3n) is 3.58. The minimum atomic E-state index is -4.07. The first kappa shape index (κ1) is 21.7. The Morgan fingerprint density at radius 1 is 1.04 bits per heavy atom. The Labute approximate surface area is 168 Å². The fraction of sp³-hybridized carbons (Fsp3) is 0.500. The van der Waals surface area contributed by atoms with Gasteiger partial charge in [-0.3, -0.25) is 4.79 Å². The summed E-state index contributed by atoms with van der Waals surface area (Å²) in [5, 5.41) is 0.437. The number of halogens is 2. The highest BCUT2D eigenvalue weighted by Crippen LogP contribution is 2.19. The highest BCUT2D eigenvalue weighted by Gasteiger charge is 2.32. The number of nitrogens with one attached hydrogen (secondary N) is 1. The monoisotopic (exact) mass is 437 g/mol. The molecule has 1 fully saturated rings. The molecule has 0 aliphatic carbocycles. The Balaban J connectivity index is 1.98. The number of hydrogen-bond donors (Lipinski definition) is 1. The zero-order valence-electron chi connectivity index (χ0n) is 15.2. The van der Waals surface area contributed by atoms with E-state index in [1.54, 1.807) is 20.8 Å². The summed E-state index contributed by atoms with van der Waals surface area (Å²) in [6.07, 6.45) is -0.503. The normalized spacial score (nSPS) is 16.1. The molecule has 1 N–H and O–H groups in total. The average Bonchev–Trinajstić information content (AvgIpc) is 2.52. The van der Waals surface area contributed by atoms with Crippen molar-refractivity contribution in [1.29, 1.82) is 0 Å². The first-order valence-corrected chi connectivity index (χ1v) is 10.3. The van der Waals surface area contributed by atoms with Gasteiger partial charge in [0.15, 0.2) is 0 Å². The first-order valence-electron chi connectivity index (χ1n) is 8.14. The van der Waals surface area contributed by atoms with Gasteiger partial charge in [0.25, 0.3) is 5.91 Å². The fourth-order valence-corrected chi connectivity index (χ4v) is 4.01. The molecule has 1 aliphatic rings. The van der Waals surface area contributed by atoms with E-state index in [0.29, 0.717) is 0 Å². The number of piperazine rings is 1. The Kier molecular flexibility index (Phi) is 6.62. The number of carbonyl (C=O) groups is 2. The number of amides is 2. The molecule has 0 spiro atoms. The van der Waals surface area contributed by atoms with E-state index in [1.807, 2.05) is 4.72 Å². The van der Waals surface area contributed by atoms with Crippen LogP contribution in [0.1, 0.15) is 31.1 Å². The van der Waals surface area contributed by atoms with Crippen LogP contribution < -0.4 is 4.72 Å². The van der Waals surface area contributed by atoms with E-state index >= 15 is 0 Å². The van der Waals surface area contributed by atoms with Crippen LogP contribution >= 0.6 is 23.2 Å². The van der Waals surface area contributed by atoms with Crippen molar-refractivity contribution in [3.63, 3.8) is 0 Å². The van der Waals surface area contributed by atoms with Crippen LogP contribution in [0, 0.1) is 0 Å². The largest absolute Gasteiger partial charge is 0.444 e. The van der Waals surface area contributed by atoms with Gasteiger partial charge < -0.3 is 9.64 Å². The maximum absolute atomic E-state index is 12.4. The van der Waals surface area contributed by atoms with Crippen molar-refractivity contribution >= 4 is 45.4 Å². The summed E-state index contributed by atoms with van der Waals surface area (Å²) in [6.45, 7) is 5.66. The molecule has 1 saturated heterocycles. The summed E-state index contributed by atoms with van der Waals surface area (Å²) in [4.78, 5) is 25.7. The molecular formula is C16H21Cl2N3O5S. The second kappa shape index (κ2) is 8.22. The molecule has 150 valence electrons. The van der Waals surface area contributed by atoms with Gasteiger partial charge in [-0.1, -0.05) is 23.2 Å². The van der Waals surface area contributed by atoms with Gasteiger partial charge >= 0.3 is 16.3 Å². The summed E-state index contributed by atoms with van der Waals surface area (Å²) in [5.74, 6) is -0.839. The van der Waals surface area contributed by atoms with Gasteiger partial charge in [0.1, 0.15) is 5.60 Å².